The van der Waals surface area contributed by atoms with Crippen LogP contribution in [0.3, 0.4) is 0 Å². The molecule has 1 aliphatic heterocycles. The van der Waals surface area contributed by atoms with Gasteiger partial charge in [0.05, 0.1) is 6.04 Å². The van der Waals surface area contributed by atoms with Gasteiger partial charge in [-0.05, 0) is 12.3 Å². The van der Waals surface area contributed by atoms with Crippen LogP contribution in [0.25, 0.3) is 0 Å². The molecule has 18 heavy (non-hydrogen) atoms. The Morgan fingerprint density at radius 1 is 1.17 bits per heavy atom. The SMILES string of the molecule is CC[C@H](N)C(=O)N1CCN(CC(C)C)CC1.Cl.Cl. The van der Waals surface area contributed by atoms with Crippen molar-refractivity contribution in [3.05, 3.63) is 0 Å². The average Bonchev–Trinajstić information content (AvgIpc) is 2.27. The monoisotopic (exact) mass is 299 g/mol. The van der Waals surface area contributed by atoms with Gasteiger partial charge < -0.3 is 10.6 Å². The Kier molecular flexibility index (Phi) is 11.1. The van der Waals surface area contributed by atoms with Gasteiger partial charge in [0.15, 0.2) is 0 Å². The third-order valence-electron chi connectivity index (χ3n) is 3.06. The first-order chi connectivity index (χ1) is 7.54. The molecule has 0 saturated carbocycles. The van der Waals surface area contributed by atoms with Gasteiger partial charge in [-0.15, -0.1) is 24.8 Å². The fourth-order valence-electron chi connectivity index (χ4n) is 2.08. The summed E-state index contributed by atoms with van der Waals surface area (Å²) in [6.07, 6.45) is 0.727. The van der Waals surface area contributed by atoms with Crippen LogP contribution in [-0.2, 0) is 4.79 Å². The third-order valence-corrected chi connectivity index (χ3v) is 3.06. The first kappa shape index (κ1) is 20.3. The van der Waals surface area contributed by atoms with E-state index in [9.17, 15) is 4.79 Å². The molecule has 1 amide bonds. The van der Waals surface area contributed by atoms with E-state index in [2.05, 4.69) is 18.7 Å². The molecule has 2 N–H and O–H groups in total. The van der Waals surface area contributed by atoms with E-state index in [1.807, 2.05) is 11.8 Å². The molecule has 1 heterocycles. The Balaban J connectivity index is 0. The summed E-state index contributed by atoms with van der Waals surface area (Å²) in [6, 6.07) is -0.309. The van der Waals surface area contributed by atoms with E-state index in [0.717, 1.165) is 39.1 Å². The van der Waals surface area contributed by atoms with Crippen LogP contribution in [0.4, 0.5) is 0 Å². The van der Waals surface area contributed by atoms with Gasteiger partial charge in [-0.3, -0.25) is 9.69 Å². The topological polar surface area (TPSA) is 49.6 Å². The van der Waals surface area contributed by atoms with E-state index in [0.29, 0.717) is 5.92 Å². The summed E-state index contributed by atoms with van der Waals surface area (Å²) in [5, 5.41) is 0. The van der Waals surface area contributed by atoms with Gasteiger partial charge in [0.2, 0.25) is 5.91 Å². The molecular formula is C12H27Cl2N3O. The predicted octanol–water partition coefficient (Wildman–Crippen LogP) is 1.37. The number of rotatable bonds is 4. The molecule has 1 atom stereocenters. The van der Waals surface area contributed by atoms with E-state index in [-0.39, 0.29) is 36.8 Å². The zero-order valence-corrected chi connectivity index (χ0v) is 13.2. The number of halogens is 2. The zero-order chi connectivity index (χ0) is 12.1. The molecule has 1 fully saturated rings. The number of amides is 1. The number of nitrogens with zero attached hydrogens (tertiary/aromatic N) is 2. The van der Waals surface area contributed by atoms with E-state index in [4.69, 9.17) is 5.73 Å². The molecule has 0 aromatic carbocycles. The van der Waals surface area contributed by atoms with Crippen LogP contribution in [0.2, 0.25) is 0 Å². The maximum atomic E-state index is 11.8. The highest BCUT2D eigenvalue weighted by atomic mass is 35.5. The van der Waals surface area contributed by atoms with E-state index in [1.54, 1.807) is 0 Å². The minimum absolute atomic E-state index is 0. The summed E-state index contributed by atoms with van der Waals surface area (Å²) in [6.45, 7) is 11.2. The number of carbonyl (C=O) groups is 1. The molecule has 6 heteroatoms. The zero-order valence-electron chi connectivity index (χ0n) is 11.6. The number of carbonyl (C=O) groups excluding carboxylic acids is 1. The van der Waals surface area contributed by atoms with E-state index in [1.165, 1.54) is 0 Å². The van der Waals surface area contributed by atoms with Crippen molar-refractivity contribution in [2.24, 2.45) is 11.7 Å². The summed E-state index contributed by atoms with van der Waals surface area (Å²) in [5.74, 6) is 0.812. The van der Waals surface area contributed by atoms with Gasteiger partial charge in [-0.1, -0.05) is 20.8 Å². The molecule has 0 aliphatic carbocycles. The molecule has 4 nitrogen and oxygen atoms in total. The van der Waals surface area contributed by atoms with Crippen LogP contribution >= 0.6 is 24.8 Å². The summed E-state index contributed by atoms with van der Waals surface area (Å²) in [5.41, 5.74) is 5.76. The standard InChI is InChI=1S/C12H25N3O.2ClH/c1-4-11(13)12(16)15-7-5-14(6-8-15)9-10(2)3;;/h10-11H,4-9,13H2,1-3H3;2*1H/t11-;;/m0../s1. The van der Waals surface area contributed by atoms with Gasteiger partial charge >= 0.3 is 0 Å². The Labute approximate surface area is 123 Å². The van der Waals surface area contributed by atoms with Gasteiger partial charge in [-0.25, -0.2) is 0 Å². The second kappa shape index (κ2) is 9.84. The lowest BCUT2D eigenvalue weighted by atomic mass is 10.1. The molecule has 0 spiro atoms. The first-order valence-corrected chi connectivity index (χ1v) is 6.31. The highest BCUT2D eigenvalue weighted by molar-refractivity contribution is 5.85. The molecule has 110 valence electrons. The van der Waals surface area contributed by atoms with Crippen molar-refractivity contribution in [1.29, 1.82) is 0 Å². The molecule has 1 aliphatic rings. The van der Waals surface area contributed by atoms with E-state index < -0.39 is 0 Å². The fraction of sp³-hybridized carbons (Fsp3) is 0.917. The minimum Gasteiger partial charge on any atom is -0.339 e. The number of hydrogen-bond acceptors (Lipinski definition) is 3. The normalized spacial score (nSPS) is 17.9. The van der Waals surface area contributed by atoms with Crippen LogP contribution in [0.5, 0.6) is 0 Å². The maximum Gasteiger partial charge on any atom is 0.239 e. The molecule has 0 radical (unpaired) electrons. The van der Waals surface area contributed by atoms with Crippen LogP contribution in [0, 0.1) is 5.92 Å². The fourth-order valence-corrected chi connectivity index (χ4v) is 2.08. The van der Waals surface area contributed by atoms with Gasteiger partial charge in [0.1, 0.15) is 0 Å². The largest absolute Gasteiger partial charge is 0.339 e. The molecule has 0 bridgehead atoms. The van der Waals surface area contributed by atoms with Gasteiger partial charge in [0, 0.05) is 32.7 Å². The first-order valence-electron chi connectivity index (χ1n) is 6.31. The van der Waals surface area contributed by atoms with Crippen LogP contribution < -0.4 is 5.73 Å². The van der Waals surface area contributed by atoms with Crippen molar-refractivity contribution in [2.45, 2.75) is 33.2 Å². The number of piperazine rings is 1. The quantitative estimate of drug-likeness (QED) is 0.853. The van der Waals surface area contributed by atoms with Crippen molar-refractivity contribution in [2.75, 3.05) is 32.7 Å². The van der Waals surface area contributed by atoms with Gasteiger partial charge in [0.25, 0.3) is 0 Å². The summed E-state index contributed by atoms with van der Waals surface area (Å²) in [4.78, 5) is 16.2. The highest BCUT2D eigenvalue weighted by Gasteiger charge is 2.24. The van der Waals surface area contributed by atoms with E-state index >= 15 is 0 Å². The van der Waals surface area contributed by atoms with Crippen molar-refractivity contribution in [3.8, 4) is 0 Å². The van der Waals surface area contributed by atoms with Crippen LogP contribution in [-0.4, -0.2) is 54.5 Å². The Hall–Kier alpha value is -0.0300. The Morgan fingerprint density at radius 3 is 2.06 bits per heavy atom. The predicted molar refractivity (Wildman–Crippen MR) is 80.6 cm³/mol. The lowest BCUT2D eigenvalue weighted by Gasteiger charge is -2.36. The molecular weight excluding hydrogens is 273 g/mol. The number of hydrogen-bond donors (Lipinski definition) is 1. The minimum atomic E-state index is -0.309. The summed E-state index contributed by atoms with van der Waals surface area (Å²) >= 11 is 0. The molecule has 0 aromatic heterocycles. The Morgan fingerprint density at radius 2 is 1.67 bits per heavy atom. The number of nitrogens with two attached hydrogens (primary N) is 1. The van der Waals surface area contributed by atoms with Crippen LogP contribution in [0.15, 0.2) is 0 Å². The summed E-state index contributed by atoms with van der Waals surface area (Å²) in [7, 11) is 0. The lowest BCUT2D eigenvalue weighted by molar-refractivity contribution is -0.134. The lowest BCUT2D eigenvalue weighted by Crippen LogP contribution is -2.53. The molecule has 1 rings (SSSR count). The molecule has 1 saturated heterocycles. The van der Waals surface area contributed by atoms with Crippen LogP contribution in [0.1, 0.15) is 27.2 Å². The van der Waals surface area contributed by atoms with Crippen molar-refractivity contribution >= 4 is 30.7 Å². The Bertz CT molecular complexity index is 231. The molecule has 0 unspecified atom stereocenters. The third kappa shape index (κ3) is 6.23. The second-order valence-corrected chi connectivity index (χ2v) is 5.03. The maximum absolute atomic E-state index is 11.8. The molecule has 0 aromatic rings. The smallest absolute Gasteiger partial charge is 0.239 e. The average molecular weight is 300 g/mol. The van der Waals surface area contributed by atoms with Gasteiger partial charge in [-0.2, -0.15) is 0 Å². The van der Waals surface area contributed by atoms with Crippen molar-refractivity contribution in [3.63, 3.8) is 0 Å². The van der Waals surface area contributed by atoms with Crippen molar-refractivity contribution in [1.82, 2.24) is 9.80 Å². The summed E-state index contributed by atoms with van der Waals surface area (Å²) < 4.78 is 0. The van der Waals surface area contributed by atoms with Crippen molar-refractivity contribution < 1.29 is 4.79 Å². The highest BCUT2D eigenvalue weighted by Crippen LogP contribution is 2.07. The second-order valence-electron chi connectivity index (χ2n) is 5.03.